The molecule has 1 aliphatic heterocycles. The fourth-order valence-corrected chi connectivity index (χ4v) is 4.15. The van der Waals surface area contributed by atoms with E-state index in [2.05, 4.69) is 12.1 Å². The first-order valence-electron chi connectivity index (χ1n) is 9.06. The number of anilines is 1. The standard InChI is InChI=1S/C22H23NO3/c1-21(2,3)26-20(25)23-18-11-7-6-10-17(18)22(19(23)24)13-12-15-8-4-5-9-16(15)14-22/h4-11H,12-14H2,1-3H3/t22-/m0/s1. The maximum Gasteiger partial charge on any atom is 0.421 e. The van der Waals surface area contributed by atoms with Gasteiger partial charge in [0.2, 0.25) is 5.91 Å². The molecule has 26 heavy (non-hydrogen) atoms. The van der Waals surface area contributed by atoms with Gasteiger partial charge in [-0.3, -0.25) is 4.79 Å². The van der Waals surface area contributed by atoms with Crippen molar-refractivity contribution in [3.63, 3.8) is 0 Å². The average Bonchev–Trinajstić information content (AvgIpc) is 2.82. The summed E-state index contributed by atoms with van der Waals surface area (Å²) >= 11 is 0. The Kier molecular flexibility index (Phi) is 3.69. The van der Waals surface area contributed by atoms with Gasteiger partial charge in [-0.05, 0) is 62.8 Å². The number of hydrogen-bond donors (Lipinski definition) is 0. The normalized spacial score (nSPS) is 21.5. The Balaban J connectivity index is 1.79. The number of imide groups is 1. The van der Waals surface area contributed by atoms with Gasteiger partial charge < -0.3 is 4.74 Å². The molecule has 0 bridgehead atoms. The highest BCUT2D eigenvalue weighted by Gasteiger charge is 2.54. The number of fused-ring (bicyclic) bond motifs is 3. The lowest BCUT2D eigenvalue weighted by atomic mass is 9.68. The van der Waals surface area contributed by atoms with Gasteiger partial charge in [0.15, 0.2) is 0 Å². The molecule has 0 unspecified atom stereocenters. The van der Waals surface area contributed by atoms with Crippen molar-refractivity contribution in [1.29, 1.82) is 0 Å². The number of carbonyl (C=O) groups is 2. The first kappa shape index (κ1) is 16.8. The number of rotatable bonds is 0. The van der Waals surface area contributed by atoms with E-state index in [9.17, 15) is 9.59 Å². The van der Waals surface area contributed by atoms with Crippen molar-refractivity contribution in [3.05, 3.63) is 65.2 Å². The Hall–Kier alpha value is -2.62. The molecule has 134 valence electrons. The van der Waals surface area contributed by atoms with Gasteiger partial charge in [0, 0.05) is 0 Å². The van der Waals surface area contributed by atoms with Crippen LogP contribution >= 0.6 is 0 Å². The lowest BCUT2D eigenvalue weighted by molar-refractivity contribution is -0.123. The third-order valence-corrected chi connectivity index (χ3v) is 5.28. The van der Waals surface area contributed by atoms with Crippen LogP contribution in [-0.2, 0) is 27.8 Å². The Morgan fingerprint density at radius 2 is 1.69 bits per heavy atom. The molecule has 0 fully saturated rings. The van der Waals surface area contributed by atoms with Crippen molar-refractivity contribution in [2.24, 2.45) is 0 Å². The number of aryl methyl sites for hydroxylation is 1. The highest BCUT2D eigenvalue weighted by Crippen LogP contribution is 2.49. The summed E-state index contributed by atoms with van der Waals surface area (Å²) in [6, 6.07) is 15.9. The topological polar surface area (TPSA) is 46.6 Å². The maximum atomic E-state index is 13.5. The minimum atomic E-state index is -0.679. The zero-order chi connectivity index (χ0) is 18.5. The smallest absolute Gasteiger partial charge is 0.421 e. The van der Waals surface area contributed by atoms with Gasteiger partial charge in [-0.1, -0.05) is 42.5 Å². The molecule has 2 amide bonds. The Morgan fingerprint density at radius 1 is 1.04 bits per heavy atom. The van der Waals surface area contributed by atoms with Crippen LogP contribution in [0.1, 0.15) is 43.9 Å². The highest BCUT2D eigenvalue weighted by atomic mass is 16.6. The van der Waals surface area contributed by atoms with E-state index >= 15 is 0 Å². The summed E-state index contributed by atoms with van der Waals surface area (Å²) in [6.45, 7) is 5.43. The predicted molar refractivity (Wildman–Crippen MR) is 100 cm³/mol. The van der Waals surface area contributed by atoms with Crippen LogP contribution in [-0.4, -0.2) is 17.6 Å². The van der Waals surface area contributed by atoms with Gasteiger partial charge in [0.05, 0.1) is 11.1 Å². The SMILES string of the molecule is CC(C)(C)OC(=O)N1C(=O)[C@]2(CCc3ccccc3C2)c2ccccc21. The molecule has 1 atom stereocenters. The highest BCUT2D eigenvalue weighted by molar-refractivity contribution is 6.21. The summed E-state index contributed by atoms with van der Waals surface area (Å²) in [6.07, 6.45) is 1.57. The summed E-state index contributed by atoms with van der Waals surface area (Å²) < 4.78 is 5.52. The lowest BCUT2D eigenvalue weighted by Crippen LogP contribution is -2.47. The van der Waals surface area contributed by atoms with Crippen LogP contribution in [0.15, 0.2) is 48.5 Å². The van der Waals surface area contributed by atoms with Crippen LogP contribution in [0.25, 0.3) is 0 Å². The van der Waals surface area contributed by atoms with Gasteiger partial charge in [0.25, 0.3) is 0 Å². The van der Waals surface area contributed by atoms with Crippen molar-refractivity contribution in [2.75, 3.05) is 4.90 Å². The summed E-state index contributed by atoms with van der Waals surface area (Å²) in [4.78, 5) is 27.5. The van der Waals surface area contributed by atoms with E-state index < -0.39 is 17.1 Å². The molecule has 4 rings (SSSR count). The quantitative estimate of drug-likeness (QED) is 0.708. The molecule has 0 N–H and O–H groups in total. The summed E-state index contributed by atoms with van der Waals surface area (Å²) in [5, 5.41) is 0. The number of benzene rings is 2. The molecule has 1 heterocycles. The molecule has 2 aliphatic rings. The van der Waals surface area contributed by atoms with Crippen molar-refractivity contribution in [1.82, 2.24) is 0 Å². The van der Waals surface area contributed by atoms with E-state index in [1.807, 2.05) is 57.2 Å². The third kappa shape index (κ3) is 2.52. The van der Waals surface area contributed by atoms with E-state index in [1.165, 1.54) is 16.0 Å². The van der Waals surface area contributed by atoms with Crippen LogP contribution in [0, 0.1) is 0 Å². The molecule has 1 aliphatic carbocycles. The second kappa shape index (κ2) is 5.70. The monoisotopic (exact) mass is 349 g/mol. The molecule has 0 aromatic heterocycles. The minimum Gasteiger partial charge on any atom is -0.443 e. The van der Waals surface area contributed by atoms with E-state index in [1.54, 1.807) is 0 Å². The van der Waals surface area contributed by atoms with E-state index in [0.717, 1.165) is 12.0 Å². The van der Waals surface area contributed by atoms with Gasteiger partial charge >= 0.3 is 6.09 Å². The first-order chi connectivity index (χ1) is 12.3. The molecule has 1 spiro atoms. The van der Waals surface area contributed by atoms with Crippen LogP contribution in [0.5, 0.6) is 0 Å². The molecular weight excluding hydrogens is 326 g/mol. The molecular formula is C22H23NO3. The summed E-state index contributed by atoms with van der Waals surface area (Å²) in [7, 11) is 0. The summed E-state index contributed by atoms with van der Waals surface area (Å²) in [5.74, 6) is -0.164. The first-order valence-corrected chi connectivity index (χ1v) is 9.06. The Labute approximate surface area is 153 Å². The minimum absolute atomic E-state index is 0.164. The predicted octanol–water partition coefficient (Wildman–Crippen LogP) is 4.40. The van der Waals surface area contributed by atoms with Crippen molar-refractivity contribution < 1.29 is 14.3 Å². The maximum absolute atomic E-state index is 13.5. The van der Waals surface area contributed by atoms with Crippen molar-refractivity contribution in [2.45, 2.75) is 51.0 Å². The number of nitrogens with zero attached hydrogens (tertiary/aromatic N) is 1. The third-order valence-electron chi connectivity index (χ3n) is 5.28. The lowest BCUT2D eigenvalue weighted by Gasteiger charge is -2.34. The van der Waals surface area contributed by atoms with Crippen molar-refractivity contribution in [3.8, 4) is 0 Å². The Morgan fingerprint density at radius 3 is 2.42 bits per heavy atom. The molecule has 4 nitrogen and oxygen atoms in total. The number of para-hydroxylation sites is 1. The number of amides is 2. The fourth-order valence-electron chi connectivity index (χ4n) is 4.15. The van der Waals surface area contributed by atoms with Crippen LogP contribution < -0.4 is 4.90 Å². The van der Waals surface area contributed by atoms with Gasteiger partial charge in [-0.2, -0.15) is 0 Å². The second-order valence-electron chi connectivity index (χ2n) is 8.17. The molecule has 0 radical (unpaired) electrons. The molecule has 0 saturated heterocycles. The number of hydrogen-bond acceptors (Lipinski definition) is 3. The zero-order valence-electron chi connectivity index (χ0n) is 15.4. The van der Waals surface area contributed by atoms with E-state index in [4.69, 9.17) is 4.74 Å². The molecule has 4 heteroatoms. The van der Waals surface area contributed by atoms with Crippen LogP contribution in [0.3, 0.4) is 0 Å². The summed E-state index contributed by atoms with van der Waals surface area (Å²) in [5.41, 5.74) is 2.74. The largest absolute Gasteiger partial charge is 0.443 e. The van der Waals surface area contributed by atoms with E-state index in [0.29, 0.717) is 18.5 Å². The number of carbonyl (C=O) groups excluding carboxylic acids is 2. The van der Waals surface area contributed by atoms with Gasteiger partial charge in [0.1, 0.15) is 5.60 Å². The van der Waals surface area contributed by atoms with Gasteiger partial charge in [-0.25, -0.2) is 9.69 Å². The van der Waals surface area contributed by atoms with Crippen molar-refractivity contribution >= 4 is 17.7 Å². The molecule has 2 aromatic rings. The second-order valence-corrected chi connectivity index (χ2v) is 8.17. The van der Waals surface area contributed by atoms with E-state index in [-0.39, 0.29) is 5.91 Å². The number of ether oxygens (including phenoxy) is 1. The van der Waals surface area contributed by atoms with Gasteiger partial charge in [-0.15, -0.1) is 0 Å². The van der Waals surface area contributed by atoms with Crippen LogP contribution in [0.2, 0.25) is 0 Å². The molecule has 2 aromatic carbocycles. The average molecular weight is 349 g/mol. The fraction of sp³-hybridized carbons (Fsp3) is 0.364. The van der Waals surface area contributed by atoms with Crippen LogP contribution in [0.4, 0.5) is 10.5 Å². The zero-order valence-corrected chi connectivity index (χ0v) is 15.4. The Bertz CT molecular complexity index is 896. The molecule has 0 saturated carbocycles.